The highest BCUT2D eigenvalue weighted by Gasteiger charge is 2.50. The highest BCUT2D eigenvalue weighted by molar-refractivity contribution is 9.10. The van der Waals surface area contributed by atoms with Crippen LogP contribution in [0.2, 0.25) is 0 Å². The summed E-state index contributed by atoms with van der Waals surface area (Å²) in [6.07, 6.45) is 0. The minimum Gasteiger partial charge on any atom is -0.400 e. The zero-order chi connectivity index (χ0) is 27.3. The van der Waals surface area contributed by atoms with Gasteiger partial charge in [-0.15, -0.1) is 0 Å². The van der Waals surface area contributed by atoms with Crippen LogP contribution in [0, 0.1) is 41.5 Å². The summed E-state index contributed by atoms with van der Waals surface area (Å²) in [5.41, 5.74) is 12.0. The van der Waals surface area contributed by atoms with Crippen LogP contribution in [0.5, 0.6) is 0 Å². The molecule has 0 aliphatic carbocycles. The van der Waals surface area contributed by atoms with E-state index in [-0.39, 0.29) is 6.71 Å². The van der Waals surface area contributed by atoms with Gasteiger partial charge in [-0.25, -0.2) is 0 Å². The van der Waals surface area contributed by atoms with Gasteiger partial charge in [-0.3, -0.25) is 0 Å². The fraction of sp³-hybridized carbons (Fsp3) is 0.375. The van der Waals surface area contributed by atoms with Crippen LogP contribution in [-0.4, -0.2) is 25.0 Å². The van der Waals surface area contributed by atoms with Crippen molar-refractivity contribution in [2.24, 2.45) is 0 Å². The molecule has 0 amide bonds. The van der Waals surface area contributed by atoms with Gasteiger partial charge in [0.25, 0.3) is 0 Å². The van der Waals surface area contributed by atoms with Crippen LogP contribution in [0.25, 0.3) is 5.47 Å². The normalized spacial score (nSPS) is 16.8. The molecule has 37 heavy (non-hydrogen) atoms. The van der Waals surface area contributed by atoms with Crippen molar-refractivity contribution in [2.45, 2.75) is 80.4 Å². The van der Waals surface area contributed by atoms with Crippen molar-refractivity contribution in [3.8, 4) is 0 Å². The summed E-state index contributed by atoms with van der Waals surface area (Å²) in [6.45, 7) is 21.8. The van der Waals surface area contributed by atoms with Crippen LogP contribution in [0.3, 0.4) is 0 Å². The average Bonchev–Trinajstić information content (AvgIpc) is 2.95. The number of hydrogen-bond acceptors (Lipinski definition) is 2. The molecule has 0 bridgehead atoms. The van der Waals surface area contributed by atoms with Crippen molar-refractivity contribution < 1.29 is 9.31 Å². The first-order chi connectivity index (χ1) is 17.2. The second-order valence-corrected chi connectivity index (χ2v) is 12.7. The third-order valence-electron chi connectivity index (χ3n) is 8.11. The molecule has 3 aromatic rings. The molecule has 3 aromatic carbocycles. The van der Waals surface area contributed by atoms with Crippen LogP contribution in [0.1, 0.15) is 66.6 Å². The lowest BCUT2D eigenvalue weighted by Gasteiger charge is -2.32. The van der Waals surface area contributed by atoms with E-state index >= 15 is 0 Å². The van der Waals surface area contributed by atoms with Gasteiger partial charge in [-0.1, -0.05) is 108 Å². The monoisotopic (exact) mass is 556 g/mol. The van der Waals surface area contributed by atoms with E-state index in [1.54, 1.807) is 0 Å². The van der Waals surface area contributed by atoms with Gasteiger partial charge in [0.1, 0.15) is 0 Å². The second-order valence-electron chi connectivity index (χ2n) is 11.8. The lowest BCUT2D eigenvalue weighted by Crippen LogP contribution is -2.49. The highest BCUT2D eigenvalue weighted by Crippen LogP contribution is 2.38. The average molecular weight is 557 g/mol. The maximum absolute atomic E-state index is 6.52. The molecule has 0 spiro atoms. The van der Waals surface area contributed by atoms with Crippen molar-refractivity contribution in [3.63, 3.8) is 0 Å². The third kappa shape index (κ3) is 5.55. The van der Waals surface area contributed by atoms with Gasteiger partial charge in [-0.05, 0) is 86.9 Å². The number of aryl methyl sites for hydroxylation is 6. The second kappa shape index (κ2) is 10.2. The Bertz CT molecular complexity index is 1250. The predicted molar refractivity (Wildman–Crippen MR) is 165 cm³/mol. The smallest absolute Gasteiger partial charge is 0.400 e. The molecule has 0 radical (unpaired) electrons. The van der Waals surface area contributed by atoms with Crippen molar-refractivity contribution >= 4 is 46.2 Å². The number of rotatable bonds is 5. The molecule has 1 aliphatic rings. The molecule has 0 saturated carbocycles. The molecule has 4 rings (SSSR count). The van der Waals surface area contributed by atoms with Crippen molar-refractivity contribution in [1.82, 2.24) is 0 Å². The first kappa shape index (κ1) is 28.0. The summed E-state index contributed by atoms with van der Waals surface area (Å²) in [7, 11) is -0.446. The first-order valence-corrected chi connectivity index (χ1v) is 14.0. The van der Waals surface area contributed by atoms with Gasteiger partial charge in [0.2, 0.25) is 6.71 Å². The zero-order valence-electron chi connectivity index (χ0n) is 24.0. The molecule has 5 heteroatoms. The first-order valence-electron chi connectivity index (χ1n) is 13.2. The molecule has 0 unspecified atom stereocenters. The van der Waals surface area contributed by atoms with Crippen LogP contribution in [0.15, 0.2) is 59.0 Å². The van der Waals surface area contributed by atoms with Gasteiger partial charge in [0.15, 0.2) is 0 Å². The van der Waals surface area contributed by atoms with Crippen molar-refractivity contribution in [1.29, 1.82) is 0 Å². The highest BCUT2D eigenvalue weighted by atomic mass is 79.9. The molecule has 0 aromatic heterocycles. The summed E-state index contributed by atoms with van der Waals surface area (Å²) in [5.74, 6) is 2.22. The Balaban J connectivity index is 2.06. The number of hydrogen-bond donors (Lipinski definition) is 0. The van der Waals surface area contributed by atoms with Gasteiger partial charge >= 0.3 is 7.12 Å². The van der Waals surface area contributed by atoms with E-state index in [1.165, 1.54) is 49.8 Å². The molecule has 1 saturated heterocycles. The van der Waals surface area contributed by atoms with Gasteiger partial charge in [0.05, 0.1) is 11.2 Å². The fourth-order valence-corrected chi connectivity index (χ4v) is 6.28. The van der Waals surface area contributed by atoms with Crippen molar-refractivity contribution in [2.75, 3.05) is 0 Å². The summed E-state index contributed by atoms with van der Waals surface area (Å²) in [4.78, 5) is 0. The van der Waals surface area contributed by atoms with E-state index in [1.807, 2.05) is 0 Å². The van der Waals surface area contributed by atoms with E-state index in [4.69, 9.17) is 9.31 Å². The molecule has 1 fully saturated rings. The van der Waals surface area contributed by atoms with Gasteiger partial charge in [-0.2, -0.15) is 0 Å². The molecule has 0 atom stereocenters. The lowest BCUT2D eigenvalue weighted by atomic mass is 9.32. The maximum atomic E-state index is 6.52. The van der Waals surface area contributed by atoms with Crippen LogP contribution >= 0.6 is 15.9 Å². The Kier molecular flexibility index (Phi) is 7.74. The Hall–Kier alpha value is -2.07. The summed E-state index contributed by atoms with van der Waals surface area (Å²) < 4.78 is 14.1. The third-order valence-corrected chi connectivity index (χ3v) is 8.60. The standard InChI is InChI=1S/C32H39B2BrO2/c1-20-14-22(3)29(23(4)15-20)34(30-24(5)16-21(2)17-25(30)6)28(26-12-11-13-27(35)18-26)19-33-36-31(7,8)32(9,10)37-33/h11-19H,1-10H3/b28-19-. The predicted octanol–water partition coefficient (Wildman–Crippen LogP) is 7.16. The minimum atomic E-state index is -0.446. The number of benzene rings is 3. The van der Waals surface area contributed by atoms with Crippen molar-refractivity contribution in [3.05, 3.63) is 97.9 Å². The summed E-state index contributed by atoms with van der Waals surface area (Å²) in [5, 5.41) is 0. The minimum absolute atomic E-state index is 0.0227. The maximum Gasteiger partial charge on any atom is 0.486 e. The Morgan fingerprint density at radius 3 is 1.57 bits per heavy atom. The Morgan fingerprint density at radius 2 is 1.16 bits per heavy atom. The molecular weight excluding hydrogens is 518 g/mol. The summed E-state index contributed by atoms with van der Waals surface area (Å²) in [6, 6.07) is 17.8. The molecule has 1 heterocycles. The molecule has 192 valence electrons. The SMILES string of the molecule is Cc1cc(C)c(B(/C(=C\B2OC(C)(C)C(C)(C)O2)c2cccc(Br)c2)c2c(C)cc(C)cc2C)c(C)c1. The van der Waals surface area contributed by atoms with Gasteiger partial charge in [0, 0.05) is 4.47 Å². The van der Waals surface area contributed by atoms with Gasteiger partial charge < -0.3 is 9.31 Å². The topological polar surface area (TPSA) is 18.5 Å². The van der Waals surface area contributed by atoms with E-state index in [0.717, 1.165) is 10.0 Å². The molecule has 2 nitrogen and oxygen atoms in total. The Morgan fingerprint density at radius 1 is 0.730 bits per heavy atom. The van der Waals surface area contributed by atoms with Crippen LogP contribution < -0.4 is 10.9 Å². The molecular formula is C32H39B2BrO2. The zero-order valence-corrected chi connectivity index (χ0v) is 25.6. The van der Waals surface area contributed by atoms with E-state index < -0.39 is 18.3 Å². The number of halogens is 1. The summed E-state index contributed by atoms with van der Waals surface area (Å²) >= 11 is 3.73. The Labute approximate surface area is 233 Å². The molecule has 1 aliphatic heterocycles. The van der Waals surface area contributed by atoms with Crippen LogP contribution in [0.4, 0.5) is 0 Å². The fourth-order valence-electron chi connectivity index (χ4n) is 5.88. The molecule has 0 N–H and O–H groups in total. The van der Waals surface area contributed by atoms with E-state index in [9.17, 15) is 0 Å². The quantitative estimate of drug-likeness (QED) is 0.310. The largest absolute Gasteiger partial charge is 0.486 e. The van der Waals surface area contributed by atoms with E-state index in [0.29, 0.717) is 0 Å². The van der Waals surface area contributed by atoms with Crippen LogP contribution in [-0.2, 0) is 9.31 Å². The lowest BCUT2D eigenvalue weighted by molar-refractivity contribution is 0.00578. The van der Waals surface area contributed by atoms with E-state index in [2.05, 4.69) is 140 Å².